The van der Waals surface area contributed by atoms with Crippen LogP contribution in [-0.4, -0.2) is 4.92 Å². The second-order valence-electron chi connectivity index (χ2n) is 1.44. The Hall–Kier alpha value is 0.520. The highest BCUT2D eigenvalue weighted by Crippen LogP contribution is 2.31. The maximum absolute atomic E-state index is 10.3. The summed E-state index contributed by atoms with van der Waals surface area (Å²) in [4.78, 5) is 9.44. The van der Waals surface area contributed by atoms with E-state index in [1.165, 1.54) is 0 Å². The zero-order valence-electron chi connectivity index (χ0n) is 5.15. The lowest BCUT2D eigenvalue weighted by molar-refractivity contribution is -0.419. The van der Waals surface area contributed by atoms with Crippen LogP contribution in [0.1, 0.15) is 0 Å². The molecule has 0 saturated carbocycles. The molecule has 0 aromatic rings. The van der Waals surface area contributed by atoms with Gasteiger partial charge in [-0.05, 0) is 15.9 Å². The van der Waals surface area contributed by atoms with Crippen molar-refractivity contribution in [2.75, 3.05) is 0 Å². The molecule has 0 saturated heterocycles. The summed E-state index contributed by atoms with van der Waals surface area (Å²) in [5.41, 5.74) is -0.637. The van der Waals surface area contributed by atoms with Crippen LogP contribution < -0.4 is 0 Å². The summed E-state index contributed by atoms with van der Waals surface area (Å²) < 4.78 is -0.683. The van der Waals surface area contributed by atoms with Crippen LogP contribution in [0.3, 0.4) is 0 Å². The van der Waals surface area contributed by atoms with Gasteiger partial charge in [-0.3, -0.25) is 10.1 Å². The van der Waals surface area contributed by atoms with Gasteiger partial charge in [0.1, 0.15) is 8.97 Å². The quantitative estimate of drug-likeness (QED) is 0.440. The third-order valence-corrected chi connectivity index (χ3v) is 2.37. The van der Waals surface area contributed by atoms with Gasteiger partial charge in [0.15, 0.2) is 4.49 Å². The van der Waals surface area contributed by atoms with Crippen molar-refractivity contribution >= 4 is 62.3 Å². The second-order valence-corrected chi connectivity index (χ2v) is 4.40. The van der Waals surface area contributed by atoms with Gasteiger partial charge in [-0.1, -0.05) is 46.4 Å². The van der Waals surface area contributed by atoms with Crippen molar-refractivity contribution in [3.8, 4) is 0 Å². The summed E-state index contributed by atoms with van der Waals surface area (Å²) in [5.74, 6) is 0. The Balaban J connectivity index is 5.21. The van der Waals surface area contributed by atoms with Crippen LogP contribution in [0.5, 0.6) is 0 Å². The van der Waals surface area contributed by atoms with Gasteiger partial charge in [0.2, 0.25) is 0 Å². The molecule has 0 aliphatic heterocycles. The smallest absolute Gasteiger partial charge is 0.258 e. The Morgan fingerprint density at radius 2 is 1.67 bits per heavy atom. The van der Waals surface area contributed by atoms with Gasteiger partial charge < -0.3 is 0 Å². The van der Waals surface area contributed by atoms with Crippen LogP contribution in [0.2, 0.25) is 0 Å². The minimum absolute atomic E-state index is 0.130. The standard InChI is InChI=1S/C4BrCl4NO2/c5-3(7)1(6)2(4(8)9)10(11)12/b3-1+. The van der Waals surface area contributed by atoms with Gasteiger partial charge >= 0.3 is 5.70 Å². The van der Waals surface area contributed by atoms with Crippen LogP contribution in [0, 0.1) is 10.1 Å². The lowest BCUT2D eigenvalue weighted by atomic mass is 10.5. The highest BCUT2D eigenvalue weighted by molar-refractivity contribution is 9.12. The van der Waals surface area contributed by atoms with Crippen molar-refractivity contribution in [3.05, 3.63) is 29.3 Å². The predicted octanol–water partition coefficient (Wildman–Crippen LogP) is 3.95. The molecular weight excluding hydrogens is 316 g/mol. The molecule has 0 aliphatic rings. The number of hydrogen-bond acceptors (Lipinski definition) is 2. The minimum atomic E-state index is -0.832. The number of allylic oxidation sites excluding steroid dienone is 1. The number of hydrogen-bond donors (Lipinski definition) is 0. The van der Waals surface area contributed by atoms with Crippen LogP contribution in [0.25, 0.3) is 0 Å². The molecule has 68 valence electrons. The average molecular weight is 316 g/mol. The SMILES string of the molecule is O=[N+]([O-])C(=C(Cl)Cl)/C(Cl)=C(\Cl)Br. The van der Waals surface area contributed by atoms with Gasteiger partial charge in [0, 0.05) is 0 Å². The Labute approximate surface area is 96.2 Å². The number of nitrogens with zero attached hydrogens (tertiary/aromatic N) is 1. The van der Waals surface area contributed by atoms with E-state index in [4.69, 9.17) is 46.4 Å². The molecule has 0 amide bonds. The summed E-state index contributed by atoms with van der Waals surface area (Å²) in [6, 6.07) is 0. The summed E-state index contributed by atoms with van der Waals surface area (Å²) in [6.45, 7) is 0. The summed E-state index contributed by atoms with van der Waals surface area (Å²) >= 11 is 23.8. The molecule has 0 aromatic heterocycles. The molecular formula is C4BrCl4NO2. The van der Waals surface area contributed by atoms with Crippen LogP contribution in [-0.2, 0) is 0 Å². The van der Waals surface area contributed by atoms with Crippen molar-refractivity contribution in [1.82, 2.24) is 0 Å². The van der Waals surface area contributed by atoms with E-state index in [2.05, 4.69) is 15.9 Å². The molecule has 0 aliphatic carbocycles. The van der Waals surface area contributed by atoms with Gasteiger partial charge in [-0.2, -0.15) is 0 Å². The largest absolute Gasteiger partial charge is 0.319 e. The van der Waals surface area contributed by atoms with Gasteiger partial charge in [-0.25, -0.2) is 0 Å². The van der Waals surface area contributed by atoms with Crippen LogP contribution >= 0.6 is 62.3 Å². The van der Waals surface area contributed by atoms with Gasteiger partial charge in [0.05, 0.1) is 4.92 Å². The molecule has 0 bridgehead atoms. The second kappa shape index (κ2) is 5.29. The molecule has 12 heavy (non-hydrogen) atoms. The molecule has 3 nitrogen and oxygen atoms in total. The van der Waals surface area contributed by atoms with Crippen LogP contribution in [0.4, 0.5) is 0 Å². The maximum atomic E-state index is 10.3. The number of halogens is 5. The van der Waals surface area contributed by atoms with Gasteiger partial charge in [0.25, 0.3) is 0 Å². The molecule has 0 rings (SSSR count). The third-order valence-electron chi connectivity index (χ3n) is 0.735. The molecule has 0 atom stereocenters. The van der Waals surface area contributed by atoms with Crippen molar-refractivity contribution in [1.29, 1.82) is 0 Å². The fourth-order valence-corrected chi connectivity index (χ4v) is 1.19. The number of nitro groups is 1. The summed E-state index contributed by atoms with van der Waals surface area (Å²) in [7, 11) is 0. The van der Waals surface area contributed by atoms with Gasteiger partial charge in [-0.15, -0.1) is 0 Å². The normalized spacial score (nSPS) is 12.1. The van der Waals surface area contributed by atoms with Crippen molar-refractivity contribution in [3.63, 3.8) is 0 Å². The fraction of sp³-hybridized carbons (Fsp3) is 0. The Bertz CT molecular complexity index is 266. The fourth-order valence-electron chi connectivity index (χ4n) is 0.322. The molecule has 0 radical (unpaired) electrons. The highest BCUT2D eigenvalue weighted by Gasteiger charge is 2.22. The predicted molar refractivity (Wildman–Crippen MR) is 53.4 cm³/mol. The first-order valence-corrected chi connectivity index (χ1v) is 4.59. The van der Waals surface area contributed by atoms with E-state index in [1.54, 1.807) is 0 Å². The first kappa shape index (κ1) is 12.5. The molecule has 0 aromatic carbocycles. The average Bonchev–Trinajstić information content (AvgIpc) is 1.85. The Morgan fingerprint density at radius 3 is 1.75 bits per heavy atom. The van der Waals surface area contributed by atoms with E-state index in [-0.39, 0.29) is 8.97 Å². The van der Waals surface area contributed by atoms with E-state index in [0.29, 0.717) is 0 Å². The summed E-state index contributed by atoms with van der Waals surface area (Å²) in [5, 5.41) is 9.92. The Kier molecular flexibility index (Phi) is 5.52. The van der Waals surface area contributed by atoms with E-state index >= 15 is 0 Å². The first-order chi connectivity index (χ1) is 5.37. The maximum Gasteiger partial charge on any atom is 0.319 e. The third kappa shape index (κ3) is 3.49. The summed E-state index contributed by atoms with van der Waals surface area (Å²) in [6.07, 6.45) is 0. The number of rotatable bonds is 2. The van der Waals surface area contributed by atoms with E-state index in [1.807, 2.05) is 0 Å². The van der Waals surface area contributed by atoms with Crippen molar-refractivity contribution < 1.29 is 4.92 Å². The molecule has 0 heterocycles. The van der Waals surface area contributed by atoms with E-state index in [0.717, 1.165) is 0 Å². The zero-order valence-corrected chi connectivity index (χ0v) is 9.76. The molecule has 0 spiro atoms. The lowest BCUT2D eigenvalue weighted by Gasteiger charge is -1.95. The highest BCUT2D eigenvalue weighted by atomic mass is 79.9. The van der Waals surface area contributed by atoms with Crippen molar-refractivity contribution in [2.24, 2.45) is 0 Å². The molecule has 8 heteroatoms. The van der Waals surface area contributed by atoms with E-state index < -0.39 is 15.1 Å². The van der Waals surface area contributed by atoms with E-state index in [9.17, 15) is 10.1 Å². The minimum Gasteiger partial charge on any atom is -0.258 e. The lowest BCUT2D eigenvalue weighted by Crippen LogP contribution is -1.99. The molecule has 0 N–H and O–H groups in total. The molecule has 0 fully saturated rings. The van der Waals surface area contributed by atoms with Crippen LogP contribution in [0.15, 0.2) is 19.2 Å². The van der Waals surface area contributed by atoms with Crippen molar-refractivity contribution in [2.45, 2.75) is 0 Å². The monoisotopic (exact) mass is 313 g/mol. The molecule has 0 unspecified atom stereocenters. The topological polar surface area (TPSA) is 43.1 Å². The zero-order chi connectivity index (χ0) is 9.89. The Morgan fingerprint density at radius 1 is 1.25 bits per heavy atom. The first-order valence-electron chi connectivity index (χ1n) is 2.28.